The summed E-state index contributed by atoms with van der Waals surface area (Å²) in [6, 6.07) is 7.94. The Balaban J connectivity index is 1.54. The van der Waals surface area contributed by atoms with E-state index in [0.29, 0.717) is 0 Å². The lowest BCUT2D eigenvalue weighted by molar-refractivity contribution is -0.153. The van der Waals surface area contributed by atoms with Crippen LogP contribution in [0, 0.1) is 11.8 Å². The number of esters is 1. The van der Waals surface area contributed by atoms with E-state index in [-0.39, 0.29) is 42.2 Å². The van der Waals surface area contributed by atoms with Crippen LogP contribution < -0.4 is 0 Å². The molecule has 0 radical (unpaired) electrons. The molecular formula is C21H27NO4. The molecule has 5 heteroatoms. The van der Waals surface area contributed by atoms with Crippen molar-refractivity contribution in [2.24, 2.45) is 11.8 Å². The van der Waals surface area contributed by atoms with Crippen molar-refractivity contribution in [3.63, 3.8) is 0 Å². The molecule has 140 valence electrons. The largest absolute Gasteiger partial charge is 0.459 e. The fraction of sp³-hybridized carbons (Fsp3) is 0.571. The van der Waals surface area contributed by atoms with Gasteiger partial charge in [0.25, 0.3) is 0 Å². The number of ether oxygens (including phenoxy) is 1. The molecule has 2 fully saturated rings. The summed E-state index contributed by atoms with van der Waals surface area (Å²) in [7, 11) is 0. The number of fused-ring (bicyclic) bond motifs is 1. The molecule has 26 heavy (non-hydrogen) atoms. The third-order valence-corrected chi connectivity index (χ3v) is 5.44. The molecule has 1 aromatic carbocycles. The van der Waals surface area contributed by atoms with Gasteiger partial charge >= 0.3 is 5.97 Å². The van der Waals surface area contributed by atoms with E-state index < -0.39 is 5.97 Å². The molecule has 0 N–H and O–H groups in total. The van der Waals surface area contributed by atoms with Crippen LogP contribution in [-0.2, 0) is 31.1 Å². The van der Waals surface area contributed by atoms with E-state index >= 15 is 0 Å². The molecule has 5 nitrogen and oxygen atoms in total. The molecule has 0 aromatic heterocycles. The minimum absolute atomic E-state index is 0.0719. The zero-order chi connectivity index (χ0) is 18.9. The van der Waals surface area contributed by atoms with Gasteiger partial charge in [-0.05, 0) is 29.4 Å². The van der Waals surface area contributed by atoms with Crippen LogP contribution in [-0.4, -0.2) is 29.2 Å². The minimum Gasteiger partial charge on any atom is -0.459 e. The fourth-order valence-electron chi connectivity index (χ4n) is 3.83. The highest BCUT2D eigenvalue weighted by atomic mass is 16.5. The lowest BCUT2D eigenvalue weighted by atomic mass is 9.81. The number of hydrogen-bond acceptors (Lipinski definition) is 4. The summed E-state index contributed by atoms with van der Waals surface area (Å²) >= 11 is 0. The van der Waals surface area contributed by atoms with E-state index in [1.165, 1.54) is 5.56 Å². The Hall–Kier alpha value is -2.17. The molecule has 1 saturated carbocycles. The normalized spacial score (nSPS) is 23.1. The third kappa shape index (κ3) is 3.81. The van der Waals surface area contributed by atoms with Crippen LogP contribution in [0.15, 0.2) is 24.3 Å². The van der Waals surface area contributed by atoms with Crippen LogP contribution in [0.1, 0.15) is 57.6 Å². The molecule has 1 aliphatic carbocycles. The van der Waals surface area contributed by atoms with E-state index in [0.717, 1.165) is 36.1 Å². The van der Waals surface area contributed by atoms with Crippen LogP contribution >= 0.6 is 0 Å². The topological polar surface area (TPSA) is 63.7 Å². The molecule has 2 aliphatic rings. The van der Waals surface area contributed by atoms with Gasteiger partial charge in [0.15, 0.2) is 0 Å². The highest BCUT2D eigenvalue weighted by Gasteiger charge is 2.48. The molecule has 2 atom stereocenters. The van der Waals surface area contributed by atoms with E-state index in [1.54, 1.807) is 0 Å². The Morgan fingerprint density at radius 3 is 2.08 bits per heavy atom. The van der Waals surface area contributed by atoms with Crippen molar-refractivity contribution in [2.75, 3.05) is 6.54 Å². The van der Waals surface area contributed by atoms with Gasteiger partial charge in [0.2, 0.25) is 11.8 Å². The summed E-state index contributed by atoms with van der Waals surface area (Å²) in [5, 5.41) is 0. The number of carbonyl (C=O) groups is 3. The van der Waals surface area contributed by atoms with Gasteiger partial charge in [-0.25, -0.2) is 0 Å². The SMILES string of the molecule is CC(C)(C)c1ccc(COC(=O)CN2C(=O)[C@H]3CCCC[C@H]3C2=O)cc1. The highest BCUT2D eigenvalue weighted by Crippen LogP contribution is 2.37. The number of amides is 2. The Kier molecular flexibility index (Phi) is 5.17. The second kappa shape index (κ2) is 7.22. The predicted octanol–water partition coefficient (Wildman–Crippen LogP) is 3.20. The maximum Gasteiger partial charge on any atom is 0.326 e. The van der Waals surface area contributed by atoms with Crippen molar-refractivity contribution in [1.29, 1.82) is 0 Å². The van der Waals surface area contributed by atoms with Crippen LogP contribution in [0.5, 0.6) is 0 Å². The number of rotatable bonds is 4. The van der Waals surface area contributed by atoms with Gasteiger partial charge in [0.05, 0.1) is 11.8 Å². The summed E-state index contributed by atoms with van der Waals surface area (Å²) in [4.78, 5) is 38.0. The molecule has 1 aliphatic heterocycles. The predicted molar refractivity (Wildman–Crippen MR) is 97.1 cm³/mol. The standard InChI is InChI=1S/C21H27NO4/c1-21(2,3)15-10-8-14(9-11-15)13-26-18(23)12-22-19(24)16-6-4-5-7-17(16)20(22)25/h8-11,16-17H,4-7,12-13H2,1-3H3/t16-,17+. The van der Waals surface area contributed by atoms with Crippen LogP contribution in [0.3, 0.4) is 0 Å². The lowest BCUT2D eigenvalue weighted by Crippen LogP contribution is -2.36. The number of benzene rings is 1. The van der Waals surface area contributed by atoms with Gasteiger partial charge in [0.1, 0.15) is 13.2 Å². The monoisotopic (exact) mass is 357 g/mol. The summed E-state index contributed by atoms with van der Waals surface area (Å²) in [6.45, 7) is 6.30. The first-order chi connectivity index (χ1) is 12.3. The van der Waals surface area contributed by atoms with Gasteiger partial charge in [-0.15, -0.1) is 0 Å². The zero-order valence-corrected chi connectivity index (χ0v) is 15.8. The Labute approximate surface area is 154 Å². The van der Waals surface area contributed by atoms with Crippen molar-refractivity contribution in [3.05, 3.63) is 35.4 Å². The first-order valence-electron chi connectivity index (χ1n) is 9.37. The van der Waals surface area contributed by atoms with Crippen molar-refractivity contribution in [1.82, 2.24) is 4.90 Å². The molecule has 2 amide bonds. The lowest BCUT2D eigenvalue weighted by Gasteiger charge is -2.19. The number of likely N-dealkylation sites (tertiary alicyclic amines) is 1. The quantitative estimate of drug-likeness (QED) is 0.613. The molecule has 1 aromatic rings. The number of nitrogens with zero attached hydrogens (tertiary/aromatic N) is 1. The summed E-state index contributed by atoms with van der Waals surface area (Å²) in [5.41, 5.74) is 2.17. The van der Waals surface area contributed by atoms with E-state index in [1.807, 2.05) is 24.3 Å². The molecule has 1 saturated heterocycles. The Morgan fingerprint density at radius 1 is 1.04 bits per heavy atom. The maximum atomic E-state index is 12.4. The molecule has 3 rings (SSSR count). The molecule has 0 spiro atoms. The molecular weight excluding hydrogens is 330 g/mol. The summed E-state index contributed by atoms with van der Waals surface area (Å²) in [5.74, 6) is -1.40. The van der Waals surface area contributed by atoms with E-state index in [2.05, 4.69) is 20.8 Å². The zero-order valence-electron chi connectivity index (χ0n) is 15.8. The van der Waals surface area contributed by atoms with Crippen LogP contribution in [0.4, 0.5) is 0 Å². The minimum atomic E-state index is -0.537. The van der Waals surface area contributed by atoms with Gasteiger partial charge in [-0.2, -0.15) is 0 Å². The van der Waals surface area contributed by atoms with E-state index in [4.69, 9.17) is 4.74 Å². The second-order valence-corrected chi connectivity index (χ2v) is 8.37. The number of carbonyl (C=O) groups excluding carboxylic acids is 3. The van der Waals surface area contributed by atoms with Gasteiger partial charge in [0, 0.05) is 0 Å². The second-order valence-electron chi connectivity index (χ2n) is 8.37. The van der Waals surface area contributed by atoms with Crippen molar-refractivity contribution in [2.45, 2.75) is 58.5 Å². The average molecular weight is 357 g/mol. The van der Waals surface area contributed by atoms with Crippen molar-refractivity contribution >= 4 is 17.8 Å². The first-order valence-corrected chi connectivity index (χ1v) is 9.37. The highest BCUT2D eigenvalue weighted by molar-refractivity contribution is 6.07. The molecule has 1 heterocycles. The number of imide groups is 1. The van der Waals surface area contributed by atoms with Crippen LogP contribution in [0.2, 0.25) is 0 Å². The number of hydrogen-bond donors (Lipinski definition) is 0. The van der Waals surface area contributed by atoms with Gasteiger partial charge in [-0.3, -0.25) is 19.3 Å². The maximum absolute atomic E-state index is 12.4. The Morgan fingerprint density at radius 2 is 1.58 bits per heavy atom. The van der Waals surface area contributed by atoms with Gasteiger partial charge < -0.3 is 4.74 Å². The van der Waals surface area contributed by atoms with E-state index in [9.17, 15) is 14.4 Å². The van der Waals surface area contributed by atoms with Crippen molar-refractivity contribution in [3.8, 4) is 0 Å². The van der Waals surface area contributed by atoms with Crippen LogP contribution in [0.25, 0.3) is 0 Å². The summed E-state index contributed by atoms with van der Waals surface area (Å²) in [6.07, 6.45) is 3.45. The molecule has 0 unspecified atom stereocenters. The average Bonchev–Trinajstić information content (AvgIpc) is 2.85. The fourth-order valence-corrected chi connectivity index (χ4v) is 3.83. The first kappa shape index (κ1) is 18.6. The van der Waals surface area contributed by atoms with Gasteiger partial charge in [-0.1, -0.05) is 57.9 Å². The Bertz CT molecular complexity index is 678. The van der Waals surface area contributed by atoms with Crippen molar-refractivity contribution < 1.29 is 19.1 Å². The molecule has 0 bridgehead atoms. The summed E-state index contributed by atoms with van der Waals surface area (Å²) < 4.78 is 5.28. The third-order valence-electron chi connectivity index (χ3n) is 5.44. The smallest absolute Gasteiger partial charge is 0.326 e.